The van der Waals surface area contributed by atoms with Crippen molar-refractivity contribution < 1.29 is 4.79 Å². The summed E-state index contributed by atoms with van der Waals surface area (Å²) in [6.45, 7) is 3.91. The van der Waals surface area contributed by atoms with Gasteiger partial charge < -0.3 is 4.90 Å². The van der Waals surface area contributed by atoms with E-state index in [4.69, 9.17) is 11.6 Å². The van der Waals surface area contributed by atoms with E-state index >= 15 is 0 Å². The Hall–Kier alpha value is -1.87. The van der Waals surface area contributed by atoms with E-state index in [9.17, 15) is 9.59 Å². The van der Waals surface area contributed by atoms with Crippen LogP contribution in [0.4, 0.5) is 0 Å². The Kier molecular flexibility index (Phi) is 6.24. The third-order valence-corrected chi connectivity index (χ3v) is 7.13. The smallest absolute Gasteiger partial charge is 0.271 e. The molecule has 4 rings (SSSR count). The second-order valence-corrected chi connectivity index (χ2v) is 9.26. The molecule has 1 fully saturated rings. The highest BCUT2D eigenvalue weighted by atomic mass is 35.5. The van der Waals surface area contributed by atoms with Gasteiger partial charge in [-0.2, -0.15) is 0 Å². The fourth-order valence-corrected chi connectivity index (χ4v) is 5.26. The minimum atomic E-state index is -0.0606. The number of fused-ring (bicyclic) bond motifs is 1. The first-order valence-corrected chi connectivity index (χ1v) is 11.6. The Morgan fingerprint density at radius 3 is 2.79 bits per heavy atom. The molecule has 1 saturated heterocycles. The van der Waals surface area contributed by atoms with E-state index in [0.717, 1.165) is 24.7 Å². The van der Waals surface area contributed by atoms with Crippen LogP contribution in [0.1, 0.15) is 5.56 Å². The fourth-order valence-electron chi connectivity index (χ4n) is 3.36. The molecule has 29 heavy (non-hydrogen) atoms. The molecule has 0 aliphatic carbocycles. The summed E-state index contributed by atoms with van der Waals surface area (Å²) in [5.41, 5.74) is 1.82. The van der Waals surface area contributed by atoms with Gasteiger partial charge in [-0.15, -0.1) is 11.3 Å². The lowest BCUT2D eigenvalue weighted by atomic mass is 10.2. The van der Waals surface area contributed by atoms with Crippen molar-refractivity contribution in [1.82, 2.24) is 19.4 Å². The Morgan fingerprint density at radius 1 is 1.24 bits per heavy atom. The number of hydrogen-bond donors (Lipinski definition) is 0. The van der Waals surface area contributed by atoms with Crippen molar-refractivity contribution >= 4 is 50.8 Å². The third-order valence-electron chi connectivity index (χ3n) is 4.99. The average molecular weight is 449 g/mol. The number of piperazine rings is 1. The standard InChI is InChI=1S/C20H21ClN4O2S2/c1-23-19(27)18-16(5-10-28-18)22-20(23)29-13-17(26)25-8-6-24(7-9-25)12-14-3-2-4-15(21)11-14/h2-5,10-11H,6-9,12-13H2,1H3. The average Bonchev–Trinajstić information content (AvgIpc) is 3.19. The van der Waals surface area contributed by atoms with Crippen molar-refractivity contribution in [1.29, 1.82) is 0 Å². The summed E-state index contributed by atoms with van der Waals surface area (Å²) in [4.78, 5) is 33.8. The van der Waals surface area contributed by atoms with E-state index in [1.807, 2.05) is 34.5 Å². The van der Waals surface area contributed by atoms with Gasteiger partial charge in [-0.1, -0.05) is 35.5 Å². The molecule has 2 aromatic heterocycles. The summed E-state index contributed by atoms with van der Waals surface area (Å²) < 4.78 is 2.18. The molecule has 0 saturated carbocycles. The molecule has 1 aliphatic rings. The van der Waals surface area contributed by atoms with Crippen LogP contribution in [0.15, 0.2) is 45.7 Å². The molecule has 0 N–H and O–H groups in total. The van der Waals surface area contributed by atoms with Gasteiger partial charge in [0, 0.05) is 44.8 Å². The fraction of sp³-hybridized carbons (Fsp3) is 0.350. The molecule has 0 bridgehead atoms. The van der Waals surface area contributed by atoms with Crippen molar-refractivity contribution in [3.8, 4) is 0 Å². The molecule has 6 nitrogen and oxygen atoms in total. The Bertz CT molecular complexity index is 1090. The van der Waals surface area contributed by atoms with E-state index < -0.39 is 0 Å². The van der Waals surface area contributed by atoms with Gasteiger partial charge in [-0.25, -0.2) is 4.98 Å². The maximum atomic E-state index is 12.6. The lowest BCUT2D eigenvalue weighted by Gasteiger charge is -2.34. The number of carbonyl (C=O) groups is 1. The van der Waals surface area contributed by atoms with Gasteiger partial charge in [0.05, 0.1) is 11.3 Å². The number of benzene rings is 1. The van der Waals surface area contributed by atoms with Gasteiger partial charge in [0.15, 0.2) is 5.16 Å². The number of rotatable bonds is 5. The van der Waals surface area contributed by atoms with Gasteiger partial charge in [0.25, 0.3) is 5.56 Å². The SMILES string of the molecule is Cn1c(SCC(=O)N2CCN(Cc3cccc(Cl)c3)CC2)nc2ccsc2c1=O. The zero-order chi connectivity index (χ0) is 20.4. The maximum absolute atomic E-state index is 12.6. The number of thioether (sulfide) groups is 1. The molecule has 1 amide bonds. The minimum Gasteiger partial charge on any atom is -0.339 e. The second-order valence-electron chi connectivity index (χ2n) is 6.97. The highest BCUT2D eigenvalue weighted by Crippen LogP contribution is 2.21. The Morgan fingerprint density at radius 2 is 2.03 bits per heavy atom. The molecule has 1 aliphatic heterocycles. The van der Waals surface area contributed by atoms with Crippen LogP contribution in [0.2, 0.25) is 5.02 Å². The highest BCUT2D eigenvalue weighted by molar-refractivity contribution is 7.99. The number of amides is 1. The number of carbonyl (C=O) groups excluding carboxylic acids is 1. The third kappa shape index (κ3) is 4.66. The van der Waals surface area contributed by atoms with Gasteiger partial charge in [0.1, 0.15) is 4.70 Å². The summed E-state index contributed by atoms with van der Waals surface area (Å²) in [7, 11) is 1.70. The molecule has 0 atom stereocenters. The first-order valence-electron chi connectivity index (χ1n) is 9.33. The largest absolute Gasteiger partial charge is 0.339 e. The molecule has 0 spiro atoms. The summed E-state index contributed by atoms with van der Waals surface area (Å²) in [5, 5.41) is 3.19. The van der Waals surface area contributed by atoms with Crippen molar-refractivity contribution in [2.75, 3.05) is 31.9 Å². The Balaban J connectivity index is 1.31. The van der Waals surface area contributed by atoms with E-state index in [-0.39, 0.29) is 17.2 Å². The monoisotopic (exact) mass is 448 g/mol. The summed E-state index contributed by atoms with van der Waals surface area (Å²) in [6, 6.07) is 9.73. The van der Waals surface area contributed by atoms with Crippen LogP contribution in [0.3, 0.4) is 0 Å². The lowest BCUT2D eigenvalue weighted by Crippen LogP contribution is -2.48. The van der Waals surface area contributed by atoms with Crippen molar-refractivity contribution in [3.05, 3.63) is 56.7 Å². The van der Waals surface area contributed by atoms with Crippen LogP contribution in [0, 0.1) is 0 Å². The van der Waals surface area contributed by atoms with Crippen LogP contribution < -0.4 is 5.56 Å². The second kappa shape index (κ2) is 8.87. The molecule has 3 aromatic rings. The van der Waals surface area contributed by atoms with E-state index in [1.165, 1.54) is 33.2 Å². The first kappa shape index (κ1) is 20.4. The molecule has 3 heterocycles. The number of nitrogens with zero attached hydrogens (tertiary/aromatic N) is 4. The zero-order valence-electron chi connectivity index (χ0n) is 16.0. The zero-order valence-corrected chi connectivity index (χ0v) is 18.4. The number of thiophene rings is 1. The molecule has 9 heteroatoms. The van der Waals surface area contributed by atoms with Crippen molar-refractivity contribution in [2.45, 2.75) is 11.7 Å². The first-order chi connectivity index (χ1) is 14.0. The van der Waals surface area contributed by atoms with Crippen LogP contribution >= 0.6 is 34.7 Å². The van der Waals surface area contributed by atoms with Crippen LogP contribution in [0.25, 0.3) is 10.2 Å². The van der Waals surface area contributed by atoms with E-state index in [2.05, 4.69) is 16.0 Å². The van der Waals surface area contributed by atoms with Gasteiger partial charge in [0.2, 0.25) is 5.91 Å². The van der Waals surface area contributed by atoms with Crippen molar-refractivity contribution in [2.24, 2.45) is 7.05 Å². The predicted molar refractivity (Wildman–Crippen MR) is 119 cm³/mol. The summed E-state index contributed by atoms with van der Waals surface area (Å²) >= 11 is 8.78. The lowest BCUT2D eigenvalue weighted by molar-refractivity contribution is -0.130. The van der Waals surface area contributed by atoms with Gasteiger partial charge in [-0.05, 0) is 29.1 Å². The van der Waals surface area contributed by atoms with Crippen LogP contribution in [-0.2, 0) is 18.4 Å². The van der Waals surface area contributed by atoms with E-state index in [1.54, 1.807) is 7.05 Å². The molecular weight excluding hydrogens is 428 g/mol. The molecular formula is C20H21ClN4O2S2. The highest BCUT2D eigenvalue weighted by Gasteiger charge is 2.22. The predicted octanol–water partition coefficient (Wildman–Crippen LogP) is 3.08. The summed E-state index contributed by atoms with van der Waals surface area (Å²) in [5.74, 6) is 0.363. The molecule has 0 radical (unpaired) electrons. The van der Waals surface area contributed by atoms with Gasteiger partial charge >= 0.3 is 0 Å². The Labute approximate surface area is 182 Å². The summed E-state index contributed by atoms with van der Waals surface area (Å²) in [6.07, 6.45) is 0. The normalized spacial score (nSPS) is 15.2. The van der Waals surface area contributed by atoms with Crippen LogP contribution in [0.5, 0.6) is 0 Å². The molecule has 152 valence electrons. The molecule has 1 aromatic carbocycles. The topological polar surface area (TPSA) is 58.4 Å². The number of halogens is 1. The number of aromatic nitrogens is 2. The maximum Gasteiger partial charge on any atom is 0.271 e. The quantitative estimate of drug-likeness (QED) is 0.443. The minimum absolute atomic E-state index is 0.0606. The van der Waals surface area contributed by atoms with E-state index in [0.29, 0.717) is 28.5 Å². The van der Waals surface area contributed by atoms with Crippen LogP contribution in [-0.4, -0.2) is 57.2 Å². The van der Waals surface area contributed by atoms with Gasteiger partial charge in [-0.3, -0.25) is 19.1 Å². The molecule has 0 unspecified atom stereocenters. The van der Waals surface area contributed by atoms with Crippen molar-refractivity contribution in [3.63, 3.8) is 0 Å². The number of hydrogen-bond acceptors (Lipinski definition) is 6.